The van der Waals surface area contributed by atoms with Gasteiger partial charge in [-0.15, -0.1) is 0 Å². The SMILES string of the molecule is CC(C)(C)Cc1ccc(C(=O)O)cc1I. The van der Waals surface area contributed by atoms with Crippen molar-refractivity contribution in [2.24, 2.45) is 5.41 Å². The van der Waals surface area contributed by atoms with Crippen LogP contribution in [-0.4, -0.2) is 11.1 Å². The van der Waals surface area contributed by atoms with Crippen LogP contribution in [0.5, 0.6) is 0 Å². The third-order valence-electron chi connectivity index (χ3n) is 2.02. The Kier molecular flexibility index (Phi) is 3.76. The number of hydrogen-bond donors (Lipinski definition) is 1. The van der Waals surface area contributed by atoms with Gasteiger partial charge < -0.3 is 5.11 Å². The Labute approximate surface area is 104 Å². The summed E-state index contributed by atoms with van der Waals surface area (Å²) < 4.78 is 1.03. The first kappa shape index (κ1) is 12.5. The summed E-state index contributed by atoms with van der Waals surface area (Å²) in [5.74, 6) is -0.866. The number of benzene rings is 1. The Hall–Kier alpha value is -0.580. The average molecular weight is 318 g/mol. The van der Waals surface area contributed by atoms with Crippen LogP contribution in [0.3, 0.4) is 0 Å². The molecule has 0 heterocycles. The topological polar surface area (TPSA) is 37.3 Å². The molecule has 0 saturated heterocycles. The Morgan fingerprint density at radius 3 is 2.40 bits per heavy atom. The summed E-state index contributed by atoms with van der Waals surface area (Å²) in [5, 5.41) is 8.83. The van der Waals surface area contributed by atoms with Gasteiger partial charge in [-0.2, -0.15) is 0 Å². The molecule has 0 aliphatic rings. The van der Waals surface area contributed by atoms with Crippen LogP contribution in [0, 0.1) is 8.99 Å². The van der Waals surface area contributed by atoms with Crippen LogP contribution in [-0.2, 0) is 6.42 Å². The second kappa shape index (κ2) is 4.51. The highest BCUT2D eigenvalue weighted by Gasteiger charge is 2.14. The second-order valence-corrected chi connectivity index (χ2v) is 6.01. The van der Waals surface area contributed by atoms with Crippen LogP contribution < -0.4 is 0 Å². The number of carboxylic acid groups (broad SMARTS) is 1. The van der Waals surface area contributed by atoms with Crippen LogP contribution in [0.25, 0.3) is 0 Å². The first-order valence-corrected chi connectivity index (χ1v) is 5.89. The minimum Gasteiger partial charge on any atom is -0.478 e. The van der Waals surface area contributed by atoms with Crippen molar-refractivity contribution in [3.63, 3.8) is 0 Å². The molecule has 1 aromatic carbocycles. The predicted molar refractivity (Wildman–Crippen MR) is 69.3 cm³/mol. The highest BCUT2D eigenvalue weighted by Crippen LogP contribution is 2.24. The van der Waals surface area contributed by atoms with E-state index in [9.17, 15) is 4.79 Å². The molecule has 1 N–H and O–H groups in total. The maximum atomic E-state index is 10.7. The van der Waals surface area contributed by atoms with Gasteiger partial charge in [0.1, 0.15) is 0 Å². The van der Waals surface area contributed by atoms with Gasteiger partial charge in [-0.1, -0.05) is 26.8 Å². The number of halogens is 1. The normalized spacial score (nSPS) is 11.5. The molecule has 0 fully saturated rings. The third kappa shape index (κ3) is 3.81. The van der Waals surface area contributed by atoms with Crippen LogP contribution in [0.2, 0.25) is 0 Å². The van der Waals surface area contributed by atoms with Crippen molar-refractivity contribution >= 4 is 28.6 Å². The zero-order valence-electron chi connectivity index (χ0n) is 9.17. The van der Waals surface area contributed by atoms with Crippen molar-refractivity contribution in [3.05, 3.63) is 32.9 Å². The Morgan fingerprint density at radius 2 is 2.00 bits per heavy atom. The van der Waals surface area contributed by atoms with Gasteiger partial charge >= 0.3 is 5.97 Å². The highest BCUT2D eigenvalue weighted by molar-refractivity contribution is 14.1. The molecular formula is C12H15IO2. The summed E-state index contributed by atoms with van der Waals surface area (Å²) in [6.45, 7) is 6.52. The Balaban J connectivity index is 2.99. The maximum absolute atomic E-state index is 10.7. The first-order valence-electron chi connectivity index (χ1n) is 4.81. The lowest BCUT2D eigenvalue weighted by Gasteiger charge is -2.19. The molecule has 0 saturated carbocycles. The van der Waals surface area contributed by atoms with E-state index in [1.54, 1.807) is 12.1 Å². The average Bonchev–Trinajstić information content (AvgIpc) is 2.05. The largest absolute Gasteiger partial charge is 0.478 e. The molecule has 0 atom stereocenters. The fourth-order valence-corrected chi connectivity index (χ4v) is 2.10. The minimum atomic E-state index is -0.866. The van der Waals surface area contributed by atoms with Crippen LogP contribution in [0.1, 0.15) is 36.7 Å². The molecule has 1 aromatic rings. The van der Waals surface area contributed by atoms with Crippen LogP contribution >= 0.6 is 22.6 Å². The number of carbonyl (C=O) groups is 1. The van der Waals surface area contributed by atoms with E-state index >= 15 is 0 Å². The number of hydrogen-bond acceptors (Lipinski definition) is 1. The number of carboxylic acids is 1. The third-order valence-corrected chi connectivity index (χ3v) is 3.03. The van der Waals surface area contributed by atoms with Gasteiger partial charge in [0.15, 0.2) is 0 Å². The molecule has 2 nitrogen and oxygen atoms in total. The summed E-state index contributed by atoms with van der Waals surface area (Å²) in [6.07, 6.45) is 0.963. The summed E-state index contributed by atoms with van der Waals surface area (Å²) >= 11 is 2.20. The molecule has 0 radical (unpaired) electrons. The lowest BCUT2D eigenvalue weighted by molar-refractivity contribution is 0.0697. The maximum Gasteiger partial charge on any atom is 0.335 e. The minimum absolute atomic E-state index is 0.227. The van der Waals surface area contributed by atoms with E-state index in [1.807, 2.05) is 6.07 Å². The van der Waals surface area contributed by atoms with Crippen molar-refractivity contribution in [1.82, 2.24) is 0 Å². The summed E-state index contributed by atoms with van der Waals surface area (Å²) in [7, 11) is 0. The monoisotopic (exact) mass is 318 g/mol. The summed E-state index contributed by atoms with van der Waals surface area (Å²) in [4.78, 5) is 10.7. The van der Waals surface area contributed by atoms with Gasteiger partial charge in [0, 0.05) is 3.57 Å². The molecule has 82 valence electrons. The van der Waals surface area contributed by atoms with Crippen molar-refractivity contribution < 1.29 is 9.90 Å². The fourth-order valence-electron chi connectivity index (χ4n) is 1.40. The number of rotatable bonds is 2. The Morgan fingerprint density at radius 1 is 1.40 bits per heavy atom. The second-order valence-electron chi connectivity index (χ2n) is 4.85. The molecular weight excluding hydrogens is 303 g/mol. The molecule has 0 amide bonds. The summed E-state index contributed by atoms with van der Waals surface area (Å²) in [6, 6.07) is 5.31. The van der Waals surface area contributed by atoms with E-state index in [4.69, 9.17) is 5.11 Å². The van der Waals surface area contributed by atoms with E-state index in [-0.39, 0.29) is 5.41 Å². The molecule has 1 rings (SSSR count). The molecule has 15 heavy (non-hydrogen) atoms. The van der Waals surface area contributed by atoms with Gasteiger partial charge in [0.25, 0.3) is 0 Å². The van der Waals surface area contributed by atoms with E-state index < -0.39 is 5.97 Å². The zero-order valence-corrected chi connectivity index (χ0v) is 11.3. The van der Waals surface area contributed by atoms with Gasteiger partial charge in [-0.3, -0.25) is 0 Å². The van der Waals surface area contributed by atoms with Crippen LogP contribution in [0.4, 0.5) is 0 Å². The van der Waals surface area contributed by atoms with Crippen LogP contribution in [0.15, 0.2) is 18.2 Å². The Bertz CT molecular complexity index is 378. The number of aromatic carboxylic acids is 1. The van der Waals surface area contributed by atoms with Gasteiger partial charge in [0.05, 0.1) is 5.56 Å². The lowest BCUT2D eigenvalue weighted by atomic mass is 9.88. The molecule has 3 heteroatoms. The molecule has 0 aliphatic heterocycles. The quantitative estimate of drug-likeness (QED) is 0.846. The zero-order chi connectivity index (χ0) is 11.6. The van der Waals surface area contributed by atoms with Gasteiger partial charge in [-0.05, 0) is 52.1 Å². The van der Waals surface area contributed by atoms with Crippen molar-refractivity contribution in [1.29, 1.82) is 0 Å². The highest BCUT2D eigenvalue weighted by atomic mass is 127. The standard InChI is InChI=1S/C12H15IO2/c1-12(2,3)7-9-5-4-8(11(14)15)6-10(9)13/h4-6H,7H2,1-3H3,(H,14,15). The van der Waals surface area contributed by atoms with E-state index in [0.717, 1.165) is 9.99 Å². The molecule has 0 aliphatic carbocycles. The molecule has 0 spiro atoms. The van der Waals surface area contributed by atoms with E-state index in [1.165, 1.54) is 5.56 Å². The fraction of sp³-hybridized carbons (Fsp3) is 0.417. The molecule has 0 unspecified atom stereocenters. The lowest BCUT2D eigenvalue weighted by Crippen LogP contribution is -2.10. The van der Waals surface area contributed by atoms with Crippen molar-refractivity contribution in [3.8, 4) is 0 Å². The molecule has 0 bridgehead atoms. The summed E-state index contributed by atoms with van der Waals surface area (Å²) in [5.41, 5.74) is 1.80. The van der Waals surface area contributed by atoms with Gasteiger partial charge in [-0.25, -0.2) is 4.79 Å². The van der Waals surface area contributed by atoms with Gasteiger partial charge in [0.2, 0.25) is 0 Å². The van der Waals surface area contributed by atoms with E-state index in [0.29, 0.717) is 5.56 Å². The van der Waals surface area contributed by atoms with E-state index in [2.05, 4.69) is 43.4 Å². The molecule has 0 aromatic heterocycles. The van der Waals surface area contributed by atoms with Crippen molar-refractivity contribution in [2.45, 2.75) is 27.2 Å². The predicted octanol–water partition coefficient (Wildman–Crippen LogP) is 3.58. The smallest absolute Gasteiger partial charge is 0.335 e. The first-order chi connectivity index (χ1) is 6.79. The van der Waals surface area contributed by atoms with Crippen molar-refractivity contribution in [2.75, 3.05) is 0 Å².